The highest BCUT2D eigenvalue weighted by atomic mass is 19.3. The van der Waals surface area contributed by atoms with Gasteiger partial charge in [-0.05, 0) is 23.6 Å². The number of urea groups is 1. The van der Waals surface area contributed by atoms with Gasteiger partial charge < -0.3 is 14.5 Å². The van der Waals surface area contributed by atoms with Crippen molar-refractivity contribution in [3.8, 4) is 16.9 Å². The molecule has 1 saturated heterocycles. The minimum absolute atomic E-state index is 0.299. The van der Waals surface area contributed by atoms with E-state index >= 15 is 0 Å². The Morgan fingerprint density at radius 3 is 2.81 bits per heavy atom. The van der Waals surface area contributed by atoms with Crippen LogP contribution in [0.2, 0.25) is 0 Å². The zero-order valence-electron chi connectivity index (χ0n) is 15.2. The van der Waals surface area contributed by atoms with Crippen molar-refractivity contribution in [1.82, 2.24) is 9.80 Å². The standard InChI is InChI=1S/C21H22F2N2O2/c1-24-9-10-27-19-8-3-2-7-18(19)16-6-4-5-15(11-16)12-17-13-21(22,23)14-25(17)20(24)26/h2-8,11,17H,9-10,12-14H2,1H3/t17-/m0/s1. The average Bonchev–Trinajstić information content (AvgIpc) is 2.95. The van der Waals surface area contributed by atoms with Crippen LogP contribution in [0, 0.1) is 0 Å². The highest BCUT2D eigenvalue weighted by Crippen LogP contribution is 2.36. The first-order chi connectivity index (χ1) is 12.9. The summed E-state index contributed by atoms with van der Waals surface area (Å²) >= 11 is 0. The molecule has 4 nitrogen and oxygen atoms in total. The summed E-state index contributed by atoms with van der Waals surface area (Å²) in [5.41, 5.74) is 2.88. The van der Waals surface area contributed by atoms with Crippen LogP contribution >= 0.6 is 0 Å². The Balaban J connectivity index is 1.75. The number of rotatable bonds is 0. The van der Waals surface area contributed by atoms with Crippen LogP contribution in [0.5, 0.6) is 5.75 Å². The van der Waals surface area contributed by atoms with Crippen molar-refractivity contribution in [2.75, 3.05) is 26.7 Å². The second-order valence-corrected chi connectivity index (χ2v) is 7.30. The number of fused-ring (bicyclic) bond motifs is 5. The third-order valence-electron chi connectivity index (χ3n) is 5.23. The van der Waals surface area contributed by atoms with E-state index in [1.165, 1.54) is 9.80 Å². The summed E-state index contributed by atoms with van der Waals surface area (Å²) in [6.45, 7) is 0.106. The maximum Gasteiger partial charge on any atom is 0.320 e. The van der Waals surface area contributed by atoms with Crippen LogP contribution in [0.3, 0.4) is 0 Å². The molecule has 1 atom stereocenters. The first-order valence-corrected chi connectivity index (χ1v) is 9.14. The lowest BCUT2D eigenvalue weighted by atomic mass is 9.98. The fourth-order valence-corrected chi connectivity index (χ4v) is 3.88. The molecule has 0 saturated carbocycles. The van der Waals surface area contributed by atoms with Crippen molar-refractivity contribution >= 4 is 6.03 Å². The van der Waals surface area contributed by atoms with E-state index in [1.807, 2.05) is 48.5 Å². The monoisotopic (exact) mass is 372 g/mol. The van der Waals surface area contributed by atoms with Crippen molar-refractivity contribution in [2.45, 2.75) is 24.8 Å². The molecule has 6 heteroatoms. The van der Waals surface area contributed by atoms with E-state index in [4.69, 9.17) is 4.74 Å². The van der Waals surface area contributed by atoms with E-state index in [9.17, 15) is 13.6 Å². The molecule has 0 spiro atoms. The van der Waals surface area contributed by atoms with E-state index in [-0.39, 0.29) is 12.5 Å². The van der Waals surface area contributed by atoms with Gasteiger partial charge in [-0.2, -0.15) is 0 Å². The second kappa shape index (κ2) is 6.83. The molecular formula is C21H22F2N2O2. The summed E-state index contributed by atoms with van der Waals surface area (Å²) in [4.78, 5) is 15.5. The number of hydrogen-bond donors (Lipinski definition) is 0. The van der Waals surface area contributed by atoms with Gasteiger partial charge in [-0.1, -0.05) is 42.5 Å². The molecule has 2 amide bonds. The van der Waals surface area contributed by atoms with Gasteiger partial charge >= 0.3 is 6.03 Å². The lowest BCUT2D eigenvalue weighted by molar-refractivity contribution is 0.0136. The Labute approximate surface area is 157 Å². The largest absolute Gasteiger partial charge is 0.491 e. The molecular weight excluding hydrogens is 350 g/mol. The quantitative estimate of drug-likeness (QED) is 0.699. The fraction of sp³-hybridized carbons (Fsp3) is 0.381. The van der Waals surface area contributed by atoms with E-state index in [0.717, 1.165) is 22.4 Å². The number of carbonyl (C=O) groups is 1. The average molecular weight is 372 g/mol. The van der Waals surface area contributed by atoms with Gasteiger partial charge in [0.15, 0.2) is 0 Å². The van der Waals surface area contributed by atoms with Crippen molar-refractivity contribution in [1.29, 1.82) is 0 Å². The van der Waals surface area contributed by atoms with Gasteiger partial charge in [0.05, 0.1) is 13.1 Å². The molecule has 2 bridgehead atoms. The number of alkyl halides is 2. The molecule has 0 N–H and O–H groups in total. The SMILES string of the molecule is CN1CCOc2ccccc2-c2cccc(c2)C[C@H]2CC(F)(F)CN2C1=O. The van der Waals surface area contributed by atoms with Crippen LogP contribution in [-0.4, -0.2) is 54.5 Å². The van der Waals surface area contributed by atoms with Gasteiger partial charge in [-0.3, -0.25) is 0 Å². The lowest BCUT2D eigenvalue weighted by Gasteiger charge is -2.29. The molecule has 0 aliphatic carbocycles. The van der Waals surface area contributed by atoms with Gasteiger partial charge in [0.1, 0.15) is 12.4 Å². The summed E-state index contributed by atoms with van der Waals surface area (Å²) in [5.74, 6) is -2.10. The Kier molecular flexibility index (Phi) is 4.50. The van der Waals surface area contributed by atoms with E-state index < -0.39 is 18.5 Å². The molecule has 0 radical (unpaired) electrons. The number of nitrogens with zero attached hydrogens (tertiary/aromatic N) is 2. The summed E-state index contributed by atoms with van der Waals surface area (Å²) in [5, 5.41) is 0. The van der Waals surface area contributed by atoms with E-state index in [1.54, 1.807) is 7.05 Å². The first-order valence-electron chi connectivity index (χ1n) is 9.14. The smallest absolute Gasteiger partial charge is 0.320 e. The van der Waals surface area contributed by atoms with Crippen molar-refractivity contribution in [2.24, 2.45) is 0 Å². The number of carbonyl (C=O) groups excluding carboxylic acids is 1. The van der Waals surface area contributed by atoms with Crippen molar-refractivity contribution in [3.05, 3.63) is 54.1 Å². The molecule has 2 aliphatic heterocycles. The van der Waals surface area contributed by atoms with Crippen LogP contribution in [0.4, 0.5) is 13.6 Å². The van der Waals surface area contributed by atoms with Gasteiger partial charge in [-0.25, -0.2) is 13.6 Å². The Bertz CT molecular complexity index is 856. The molecule has 142 valence electrons. The number of amides is 2. The number of hydrogen-bond acceptors (Lipinski definition) is 2. The van der Waals surface area contributed by atoms with Gasteiger partial charge in [-0.15, -0.1) is 0 Å². The third-order valence-corrected chi connectivity index (χ3v) is 5.23. The zero-order chi connectivity index (χ0) is 19.0. The molecule has 2 heterocycles. The molecule has 0 unspecified atom stereocenters. The lowest BCUT2D eigenvalue weighted by Crippen LogP contribution is -2.46. The maximum atomic E-state index is 14.1. The van der Waals surface area contributed by atoms with Crippen LogP contribution in [0.25, 0.3) is 11.1 Å². The maximum absolute atomic E-state index is 14.1. The van der Waals surface area contributed by atoms with Gasteiger partial charge in [0.25, 0.3) is 5.92 Å². The normalized spacial score (nSPS) is 22.0. The number of likely N-dealkylation sites (N-methyl/N-ethyl adjacent to an activating group) is 1. The summed E-state index contributed by atoms with van der Waals surface area (Å²) in [6, 6.07) is 14.7. The summed E-state index contributed by atoms with van der Waals surface area (Å²) in [6.07, 6.45) is 0.107. The number of ether oxygens (including phenoxy) is 1. The fourth-order valence-electron chi connectivity index (χ4n) is 3.88. The van der Waals surface area contributed by atoms with E-state index in [2.05, 4.69) is 0 Å². The Morgan fingerprint density at radius 1 is 1.15 bits per heavy atom. The van der Waals surface area contributed by atoms with Crippen molar-refractivity contribution in [3.63, 3.8) is 0 Å². The molecule has 1 fully saturated rings. The van der Waals surface area contributed by atoms with Crippen LogP contribution < -0.4 is 4.74 Å². The molecule has 2 aromatic carbocycles. The second-order valence-electron chi connectivity index (χ2n) is 7.30. The highest BCUT2D eigenvalue weighted by molar-refractivity contribution is 5.75. The van der Waals surface area contributed by atoms with Crippen LogP contribution in [0.15, 0.2) is 48.5 Å². The third kappa shape index (κ3) is 3.61. The summed E-state index contributed by atoms with van der Waals surface area (Å²) in [7, 11) is 1.63. The van der Waals surface area contributed by atoms with Crippen molar-refractivity contribution < 1.29 is 18.3 Å². The van der Waals surface area contributed by atoms with Crippen LogP contribution in [-0.2, 0) is 6.42 Å². The number of para-hydroxylation sites is 1. The molecule has 2 aliphatic rings. The van der Waals surface area contributed by atoms with Crippen LogP contribution in [0.1, 0.15) is 12.0 Å². The van der Waals surface area contributed by atoms with Gasteiger partial charge in [0, 0.05) is 25.1 Å². The molecule has 0 aromatic heterocycles. The number of halogens is 2. The Morgan fingerprint density at radius 2 is 1.96 bits per heavy atom. The van der Waals surface area contributed by atoms with E-state index in [0.29, 0.717) is 19.6 Å². The predicted octanol–water partition coefficient (Wildman–Crippen LogP) is 4.05. The minimum Gasteiger partial charge on any atom is -0.491 e. The first kappa shape index (κ1) is 17.8. The molecule has 2 aromatic rings. The molecule has 27 heavy (non-hydrogen) atoms. The number of benzene rings is 2. The van der Waals surface area contributed by atoms with Gasteiger partial charge in [0.2, 0.25) is 0 Å². The zero-order valence-corrected chi connectivity index (χ0v) is 15.2. The predicted molar refractivity (Wildman–Crippen MR) is 99.2 cm³/mol. The highest BCUT2D eigenvalue weighted by Gasteiger charge is 2.47. The molecule has 4 rings (SSSR count). The summed E-state index contributed by atoms with van der Waals surface area (Å²) < 4.78 is 34.1. The minimum atomic E-state index is -2.85. The Hall–Kier alpha value is -2.63. The topological polar surface area (TPSA) is 32.8 Å².